The fourth-order valence-electron chi connectivity index (χ4n) is 4.08. The van der Waals surface area contributed by atoms with E-state index in [-0.39, 0.29) is 24.0 Å². The lowest BCUT2D eigenvalue weighted by molar-refractivity contribution is -0.120. The summed E-state index contributed by atoms with van der Waals surface area (Å²) in [6, 6.07) is 13.7. The van der Waals surface area contributed by atoms with Crippen LogP contribution in [0.3, 0.4) is 0 Å². The number of esters is 1. The molecule has 2 N–H and O–H groups in total. The minimum absolute atomic E-state index is 0.209. The van der Waals surface area contributed by atoms with Crippen LogP contribution in [0.15, 0.2) is 48.5 Å². The third-order valence-corrected chi connectivity index (χ3v) is 5.87. The third-order valence-electron chi connectivity index (χ3n) is 5.87. The molecule has 168 valence electrons. The molecule has 0 unspecified atom stereocenters. The van der Waals surface area contributed by atoms with Crippen molar-refractivity contribution in [3.8, 4) is 0 Å². The molecule has 0 bridgehead atoms. The number of carbonyl (C=O) groups is 2. The van der Waals surface area contributed by atoms with Crippen molar-refractivity contribution in [1.82, 2.24) is 9.88 Å². The van der Waals surface area contributed by atoms with Crippen molar-refractivity contribution in [3.63, 3.8) is 0 Å². The van der Waals surface area contributed by atoms with Gasteiger partial charge < -0.3 is 19.9 Å². The number of aromatic amines is 1. The van der Waals surface area contributed by atoms with Crippen LogP contribution in [0.4, 0.5) is 15.8 Å². The second kappa shape index (κ2) is 9.40. The average molecular weight is 439 g/mol. The average Bonchev–Trinajstić information content (AvgIpc) is 3.18. The van der Waals surface area contributed by atoms with E-state index in [0.717, 1.165) is 10.9 Å². The minimum atomic E-state index is -0.509. The molecule has 8 heteroatoms. The number of rotatable bonds is 6. The van der Waals surface area contributed by atoms with Crippen molar-refractivity contribution in [2.45, 2.75) is 19.9 Å². The van der Waals surface area contributed by atoms with E-state index >= 15 is 0 Å². The highest BCUT2D eigenvalue weighted by atomic mass is 19.1. The van der Waals surface area contributed by atoms with Gasteiger partial charge in [-0.2, -0.15) is 0 Å². The maximum Gasteiger partial charge on any atom is 0.356 e. The number of fused-ring (bicyclic) bond motifs is 1. The quantitative estimate of drug-likeness (QED) is 0.575. The van der Waals surface area contributed by atoms with Crippen LogP contribution in [0.5, 0.6) is 0 Å². The number of hydrogen-bond acceptors (Lipinski definition) is 5. The Bertz CT molecular complexity index is 1120. The van der Waals surface area contributed by atoms with Crippen molar-refractivity contribution in [3.05, 3.63) is 60.0 Å². The number of anilines is 2. The predicted molar refractivity (Wildman–Crippen MR) is 123 cm³/mol. The molecular formula is C24H27FN4O3. The summed E-state index contributed by atoms with van der Waals surface area (Å²) >= 11 is 0. The van der Waals surface area contributed by atoms with Crippen molar-refractivity contribution >= 4 is 34.2 Å². The first kappa shape index (κ1) is 21.8. The lowest BCUT2D eigenvalue weighted by atomic mass is 10.1. The van der Waals surface area contributed by atoms with Gasteiger partial charge in [0, 0.05) is 37.1 Å². The smallest absolute Gasteiger partial charge is 0.356 e. The monoisotopic (exact) mass is 438 g/mol. The Labute approximate surface area is 186 Å². The maximum absolute atomic E-state index is 14.1. The molecule has 0 radical (unpaired) electrons. The molecule has 0 aliphatic carbocycles. The number of para-hydroxylation sites is 2. The van der Waals surface area contributed by atoms with E-state index in [9.17, 15) is 14.0 Å². The highest BCUT2D eigenvalue weighted by Gasteiger charge is 2.28. The van der Waals surface area contributed by atoms with Crippen LogP contribution in [0.2, 0.25) is 0 Å². The van der Waals surface area contributed by atoms with Crippen molar-refractivity contribution in [1.29, 1.82) is 0 Å². The number of nitrogens with one attached hydrogen (secondary N) is 2. The van der Waals surface area contributed by atoms with E-state index in [2.05, 4.69) is 15.2 Å². The lowest BCUT2D eigenvalue weighted by Gasteiger charge is -2.38. The van der Waals surface area contributed by atoms with E-state index in [1.54, 1.807) is 19.1 Å². The molecule has 2 aromatic carbocycles. The molecule has 0 saturated carbocycles. The van der Waals surface area contributed by atoms with Gasteiger partial charge in [0.15, 0.2) is 0 Å². The zero-order valence-corrected chi connectivity index (χ0v) is 18.2. The topological polar surface area (TPSA) is 77.7 Å². The lowest BCUT2D eigenvalue weighted by Crippen LogP contribution is -2.53. The van der Waals surface area contributed by atoms with Crippen LogP contribution < -0.4 is 10.2 Å². The highest BCUT2D eigenvalue weighted by molar-refractivity contribution is 6.11. The van der Waals surface area contributed by atoms with E-state index in [1.165, 1.54) is 6.07 Å². The summed E-state index contributed by atoms with van der Waals surface area (Å²) in [5.41, 5.74) is 2.00. The number of hydrogen-bond donors (Lipinski definition) is 2. The number of halogens is 1. The number of ether oxygens (including phenoxy) is 1. The molecule has 1 aliphatic rings. The van der Waals surface area contributed by atoms with Crippen LogP contribution in [0.1, 0.15) is 24.3 Å². The maximum atomic E-state index is 14.1. The molecule has 7 nitrogen and oxygen atoms in total. The molecule has 1 atom stereocenters. The third kappa shape index (κ3) is 4.31. The van der Waals surface area contributed by atoms with Crippen molar-refractivity contribution in [2.75, 3.05) is 43.0 Å². The molecule has 1 fully saturated rings. The van der Waals surface area contributed by atoms with E-state index in [1.807, 2.05) is 42.2 Å². The Morgan fingerprint density at radius 3 is 2.50 bits per heavy atom. The Morgan fingerprint density at radius 1 is 1.09 bits per heavy atom. The second-order valence-electron chi connectivity index (χ2n) is 7.78. The van der Waals surface area contributed by atoms with E-state index in [4.69, 9.17) is 4.74 Å². The zero-order valence-electron chi connectivity index (χ0n) is 18.2. The number of nitrogens with zero attached hydrogens (tertiary/aromatic N) is 2. The summed E-state index contributed by atoms with van der Waals surface area (Å²) in [6.45, 7) is 6.32. The highest BCUT2D eigenvalue weighted by Crippen LogP contribution is 2.29. The van der Waals surface area contributed by atoms with Crippen molar-refractivity contribution < 1.29 is 18.7 Å². The molecule has 3 aromatic rings. The molecule has 1 saturated heterocycles. The van der Waals surface area contributed by atoms with E-state index in [0.29, 0.717) is 37.6 Å². The Morgan fingerprint density at radius 2 is 1.78 bits per heavy atom. The standard InChI is InChI=1S/C24H27FN4O3/c1-3-32-24(31)22-21(17-8-4-6-10-19(17)26-22)27-23(30)16(2)28-12-14-29(15-13-28)20-11-7-5-9-18(20)25/h4-11,16,26H,3,12-15H2,1-2H3,(H,27,30)/t16-/m1/s1. The number of benzene rings is 2. The summed E-state index contributed by atoms with van der Waals surface area (Å²) in [5.74, 6) is -0.956. The molecule has 1 aromatic heterocycles. The number of carbonyl (C=O) groups excluding carboxylic acids is 2. The van der Waals surface area contributed by atoms with Gasteiger partial charge in [-0.3, -0.25) is 9.69 Å². The van der Waals surface area contributed by atoms with Gasteiger partial charge in [-0.15, -0.1) is 0 Å². The first-order valence-corrected chi connectivity index (χ1v) is 10.8. The first-order valence-electron chi connectivity index (χ1n) is 10.8. The number of piperazine rings is 1. The minimum Gasteiger partial charge on any atom is -0.461 e. The predicted octanol–water partition coefficient (Wildman–Crippen LogP) is 3.63. The van der Waals surface area contributed by atoms with Gasteiger partial charge in [-0.25, -0.2) is 9.18 Å². The van der Waals surface area contributed by atoms with Gasteiger partial charge in [-0.05, 0) is 32.0 Å². The number of H-pyrrole nitrogens is 1. The molecule has 2 heterocycles. The molecule has 0 spiro atoms. The van der Waals surface area contributed by atoms with Crippen LogP contribution in [-0.2, 0) is 9.53 Å². The van der Waals surface area contributed by atoms with Crippen molar-refractivity contribution in [2.24, 2.45) is 0 Å². The van der Waals surface area contributed by atoms with Crippen LogP contribution in [0, 0.1) is 5.82 Å². The van der Waals surface area contributed by atoms with Gasteiger partial charge in [0.1, 0.15) is 11.5 Å². The second-order valence-corrected chi connectivity index (χ2v) is 7.78. The summed E-state index contributed by atoms with van der Waals surface area (Å²) < 4.78 is 19.2. The summed E-state index contributed by atoms with van der Waals surface area (Å²) in [7, 11) is 0. The zero-order chi connectivity index (χ0) is 22.7. The number of amides is 1. The fourth-order valence-corrected chi connectivity index (χ4v) is 4.08. The normalized spacial score (nSPS) is 15.5. The Kier molecular flexibility index (Phi) is 6.41. The molecule has 4 rings (SSSR count). The first-order chi connectivity index (χ1) is 15.5. The summed E-state index contributed by atoms with van der Waals surface area (Å²) in [5, 5.41) is 3.69. The van der Waals surface area contributed by atoms with Crippen LogP contribution in [-0.4, -0.2) is 60.6 Å². The SMILES string of the molecule is CCOC(=O)c1[nH]c2ccccc2c1NC(=O)[C@@H](C)N1CCN(c2ccccc2F)CC1. The molecule has 1 amide bonds. The van der Waals surface area contributed by atoms with Crippen LogP contribution >= 0.6 is 0 Å². The van der Waals surface area contributed by atoms with Gasteiger partial charge in [0.2, 0.25) is 5.91 Å². The summed E-state index contributed by atoms with van der Waals surface area (Å²) in [6.07, 6.45) is 0. The van der Waals surface area contributed by atoms with Gasteiger partial charge >= 0.3 is 5.97 Å². The summed E-state index contributed by atoms with van der Waals surface area (Å²) in [4.78, 5) is 32.6. The van der Waals surface area contributed by atoms with Crippen LogP contribution in [0.25, 0.3) is 10.9 Å². The number of aromatic nitrogens is 1. The Hall–Kier alpha value is -3.39. The largest absolute Gasteiger partial charge is 0.461 e. The molecular weight excluding hydrogens is 411 g/mol. The van der Waals surface area contributed by atoms with Gasteiger partial charge in [-0.1, -0.05) is 30.3 Å². The Balaban J connectivity index is 1.47. The molecule has 32 heavy (non-hydrogen) atoms. The fraction of sp³-hybridized carbons (Fsp3) is 0.333. The van der Waals surface area contributed by atoms with E-state index < -0.39 is 12.0 Å². The van der Waals surface area contributed by atoms with Gasteiger partial charge in [0.05, 0.1) is 24.0 Å². The van der Waals surface area contributed by atoms with Gasteiger partial charge in [0.25, 0.3) is 0 Å². The molecule has 1 aliphatic heterocycles.